The molecule has 0 saturated heterocycles. The summed E-state index contributed by atoms with van der Waals surface area (Å²) in [5.41, 5.74) is 6.70. The van der Waals surface area contributed by atoms with Crippen LogP contribution in [0.5, 0.6) is 0 Å². The van der Waals surface area contributed by atoms with Crippen LogP contribution in [0.25, 0.3) is 21.8 Å². The Bertz CT molecular complexity index is 1100. The van der Waals surface area contributed by atoms with E-state index >= 15 is 0 Å². The highest BCUT2D eigenvalue weighted by atomic mass is 15.4. The fourth-order valence-corrected chi connectivity index (χ4v) is 3.00. The van der Waals surface area contributed by atoms with Crippen LogP contribution in [-0.4, -0.2) is 26.9 Å². The second kappa shape index (κ2) is 6.72. The van der Waals surface area contributed by atoms with E-state index in [1.807, 2.05) is 60.4 Å². The van der Waals surface area contributed by atoms with E-state index in [1.165, 1.54) is 0 Å². The van der Waals surface area contributed by atoms with E-state index < -0.39 is 0 Å². The number of hydrogen-bond donors (Lipinski definition) is 4. The van der Waals surface area contributed by atoms with Crippen molar-refractivity contribution in [1.82, 2.24) is 25.5 Å². The average Bonchev–Trinajstić information content (AvgIpc) is 3.22. The van der Waals surface area contributed by atoms with Crippen molar-refractivity contribution in [3.8, 4) is 0 Å². The van der Waals surface area contributed by atoms with Gasteiger partial charge in [0.1, 0.15) is 5.69 Å². The molecule has 0 bridgehead atoms. The number of benzene rings is 2. The number of aryl methyl sites for hydroxylation is 1. The Morgan fingerprint density at radius 2 is 1.96 bits per heavy atom. The van der Waals surface area contributed by atoms with Gasteiger partial charge in [0.15, 0.2) is 0 Å². The minimum absolute atomic E-state index is 0.131. The van der Waals surface area contributed by atoms with Crippen LogP contribution in [0.15, 0.2) is 59.8 Å². The molecule has 0 aliphatic carbocycles. The van der Waals surface area contributed by atoms with Crippen molar-refractivity contribution in [2.75, 3.05) is 0 Å². The molecule has 0 fully saturated rings. The van der Waals surface area contributed by atoms with Crippen LogP contribution < -0.4 is 10.7 Å². The number of aromatic nitrogens is 3. The highest BCUT2D eigenvalue weighted by Gasteiger charge is 2.06. The van der Waals surface area contributed by atoms with E-state index in [0.29, 0.717) is 6.54 Å². The van der Waals surface area contributed by atoms with Gasteiger partial charge < -0.3 is 10.3 Å². The summed E-state index contributed by atoms with van der Waals surface area (Å²) in [6.07, 6.45) is 3.58. The molecule has 7 nitrogen and oxygen atoms in total. The Morgan fingerprint density at radius 1 is 1.19 bits per heavy atom. The number of hydrazone groups is 1. The van der Waals surface area contributed by atoms with E-state index in [4.69, 9.17) is 5.41 Å². The van der Waals surface area contributed by atoms with Crippen LogP contribution in [0.4, 0.5) is 0 Å². The van der Waals surface area contributed by atoms with Crippen LogP contribution in [0, 0.1) is 5.41 Å². The number of fused-ring (bicyclic) bond motifs is 2. The molecule has 26 heavy (non-hydrogen) atoms. The van der Waals surface area contributed by atoms with Crippen LogP contribution in [0.1, 0.15) is 11.3 Å². The first-order valence-corrected chi connectivity index (χ1v) is 8.30. The van der Waals surface area contributed by atoms with Crippen molar-refractivity contribution in [3.05, 3.63) is 66.0 Å². The number of aromatic amines is 1. The molecule has 0 amide bonds. The number of nitrogens with one attached hydrogen (secondary N) is 4. The SMILES string of the molecule is Cn1nc(/C=N/NC(=N)NCc2c[nH]c3ccccc23)c2ccccc21. The fourth-order valence-electron chi connectivity index (χ4n) is 3.00. The molecule has 0 unspecified atom stereocenters. The molecule has 4 rings (SSSR count). The molecule has 2 aromatic heterocycles. The first-order chi connectivity index (χ1) is 12.7. The highest BCUT2D eigenvalue weighted by Crippen LogP contribution is 2.17. The molecule has 0 spiro atoms. The predicted octanol–water partition coefficient (Wildman–Crippen LogP) is 2.70. The molecule has 0 aliphatic heterocycles. The van der Waals surface area contributed by atoms with Gasteiger partial charge in [-0.05, 0) is 17.7 Å². The third-order valence-electron chi connectivity index (χ3n) is 4.28. The summed E-state index contributed by atoms with van der Waals surface area (Å²) >= 11 is 0. The molecular weight excluding hydrogens is 326 g/mol. The van der Waals surface area contributed by atoms with Gasteiger partial charge in [-0.25, -0.2) is 5.43 Å². The number of hydrogen-bond acceptors (Lipinski definition) is 3. The zero-order chi connectivity index (χ0) is 17.9. The summed E-state index contributed by atoms with van der Waals surface area (Å²) in [6, 6.07) is 16.1. The second-order valence-corrected chi connectivity index (χ2v) is 5.98. The molecule has 4 N–H and O–H groups in total. The Morgan fingerprint density at radius 3 is 2.85 bits per heavy atom. The zero-order valence-electron chi connectivity index (χ0n) is 14.3. The van der Waals surface area contributed by atoms with E-state index in [-0.39, 0.29) is 5.96 Å². The predicted molar refractivity (Wildman–Crippen MR) is 104 cm³/mol. The smallest absolute Gasteiger partial charge is 0.209 e. The molecule has 2 heterocycles. The number of rotatable bonds is 4. The Hall–Kier alpha value is -3.61. The fraction of sp³-hybridized carbons (Fsp3) is 0.105. The topological polar surface area (TPSA) is 93.9 Å². The van der Waals surface area contributed by atoms with E-state index in [0.717, 1.165) is 33.1 Å². The standard InChI is InChI=1S/C19H19N7/c1-26-18-9-5-3-7-15(18)17(25-26)12-23-24-19(20)22-11-13-10-21-16-8-4-2-6-14(13)16/h2-10,12,21H,11H2,1H3,(H3,20,22,24)/b23-12+. The zero-order valence-corrected chi connectivity index (χ0v) is 14.3. The maximum absolute atomic E-state index is 7.96. The summed E-state index contributed by atoms with van der Waals surface area (Å²) in [6.45, 7) is 0.540. The molecule has 0 atom stereocenters. The maximum Gasteiger partial charge on any atom is 0.209 e. The minimum atomic E-state index is 0.131. The van der Waals surface area contributed by atoms with E-state index in [1.54, 1.807) is 6.21 Å². The molecule has 0 saturated carbocycles. The first kappa shape index (κ1) is 15.9. The second-order valence-electron chi connectivity index (χ2n) is 5.98. The molecule has 7 heteroatoms. The third-order valence-corrected chi connectivity index (χ3v) is 4.28. The Labute approximate surface area is 150 Å². The number of guanidine groups is 1. The summed E-state index contributed by atoms with van der Waals surface area (Å²) < 4.78 is 1.82. The van der Waals surface area contributed by atoms with Gasteiger partial charge in [0, 0.05) is 36.1 Å². The van der Waals surface area contributed by atoms with E-state index in [2.05, 4.69) is 32.0 Å². The molecule has 4 aromatic rings. The van der Waals surface area contributed by atoms with Crippen molar-refractivity contribution in [2.24, 2.45) is 12.1 Å². The molecule has 0 aliphatic rings. The third kappa shape index (κ3) is 3.02. The van der Waals surface area contributed by atoms with Gasteiger partial charge in [0.2, 0.25) is 5.96 Å². The average molecular weight is 345 g/mol. The number of nitrogens with zero attached hydrogens (tertiary/aromatic N) is 3. The van der Waals surface area contributed by atoms with Gasteiger partial charge >= 0.3 is 0 Å². The van der Waals surface area contributed by atoms with Crippen LogP contribution in [-0.2, 0) is 13.6 Å². The summed E-state index contributed by atoms with van der Waals surface area (Å²) in [5, 5.41) is 21.7. The lowest BCUT2D eigenvalue weighted by Crippen LogP contribution is -2.32. The van der Waals surface area contributed by atoms with Crippen molar-refractivity contribution < 1.29 is 0 Å². The minimum Gasteiger partial charge on any atom is -0.361 e. The molecule has 0 radical (unpaired) electrons. The summed E-state index contributed by atoms with van der Waals surface area (Å²) in [7, 11) is 1.90. The highest BCUT2D eigenvalue weighted by molar-refractivity contribution is 5.97. The number of H-pyrrole nitrogens is 1. The first-order valence-electron chi connectivity index (χ1n) is 8.30. The van der Waals surface area contributed by atoms with Gasteiger partial charge in [-0.1, -0.05) is 36.4 Å². The monoisotopic (exact) mass is 345 g/mol. The largest absolute Gasteiger partial charge is 0.361 e. The van der Waals surface area contributed by atoms with Crippen molar-refractivity contribution in [3.63, 3.8) is 0 Å². The molecule has 130 valence electrons. The normalized spacial score (nSPS) is 11.4. The number of para-hydroxylation sites is 2. The van der Waals surface area contributed by atoms with Crippen molar-refractivity contribution in [2.45, 2.75) is 6.54 Å². The van der Waals surface area contributed by atoms with Crippen LogP contribution >= 0.6 is 0 Å². The maximum atomic E-state index is 7.96. The Kier molecular flexibility index (Phi) is 4.10. The van der Waals surface area contributed by atoms with Gasteiger partial charge in [-0.15, -0.1) is 0 Å². The summed E-state index contributed by atoms with van der Waals surface area (Å²) in [5.74, 6) is 0.131. The lowest BCUT2D eigenvalue weighted by atomic mass is 10.2. The quantitative estimate of drug-likeness (QED) is 0.260. The Balaban J connectivity index is 1.38. The molecule has 2 aromatic carbocycles. The van der Waals surface area contributed by atoms with Gasteiger partial charge in [0.05, 0.1) is 11.7 Å². The summed E-state index contributed by atoms with van der Waals surface area (Å²) in [4.78, 5) is 3.22. The lowest BCUT2D eigenvalue weighted by Gasteiger charge is -2.05. The van der Waals surface area contributed by atoms with E-state index in [9.17, 15) is 0 Å². The van der Waals surface area contributed by atoms with Crippen LogP contribution in [0.2, 0.25) is 0 Å². The van der Waals surface area contributed by atoms with Crippen molar-refractivity contribution in [1.29, 1.82) is 5.41 Å². The van der Waals surface area contributed by atoms with Crippen molar-refractivity contribution >= 4 is 34.0 Å². The van der Waals surface area contributed by atoms with Gasteiger partial charge in [0.25, 0.3) is 0 Å². The lowest BCUT2D eigenvalue weighted by molar-refractivity contribution is 0.793. The van der Waals surface area contributed by atoms with Crippen LogP contribution in [0.3, 0.4) is 0 Å². The molecular formula is C19H19N7. The van der Waals surface area contributed by atoms with Gasteiger partial charge in [-0.3, -0.25) is 10.1 Å². The van der Waals surface area contributed by atoms with Gasteiger partial charge in [-0.2, -0.15) is 10.2 Å².